The first kappa shape index (κ1) is 12.6. The second-order valence-corrected chi connectivity index (χ2v) is 5.43. The summed E-state index contributed by atoms with van der Waals surface area (Å²) in [7, 11) is 0. The molecule has 0 spiro atoms. The summed E-state index contributed by atoms with van der Waals surface area (Å²) in [6.45, 7) is 3.11. The number of aliphatic hydroxyl groups excluding tert-OH is 1. The van der Waals surface area contributed by atoms with Crippen LogP contribution in [-0.4, -0.2) is 34.0 Å². The minimum atomic E-state index is 0.200. The van der Waals surface area contributed by atoms with Gasteiger partial charge in [0.1, 0.15) is 16.5 Å². The Hall–Kier alpha value is -0.850. The van der Waals surface area contributed by atoms with Crippen LogP contribution in [0.1, 0.15) is 12.7 Å². The van der Waals surface area contributed by atoms with Crippen molar-refractivity contribution in [3.05, 3.63) is 17.3 Å². The molecule has 4 nitrogen and oxygen atoms in total. The van der Waals surface area contributed by atoms with Crippen LogP contribution in [0, 0.1) is 0 Å². The zero-order valence-electron chi connectivity index (χ0n) is 9.64. The second-order valence-electron chi connectivity index (χ2n) is 3.43. The fraction of sp³-hybridized carbons (Fsp3) is 0.455. The van der Waals surface area contributed by atoms with Crippen LogP contribution in [0.25, 0.3) is 10.2 Å². The third kappa shape index (κ3) is 3.08. The number of rotatable bonds is 6. The van der Waals surface area contributed by atoms with E-state index >= 15 is 0 Å². The average molecular weight is 269 g/mol. The summed E-state index contributed by atoms with van der Waals surface area (Å²) in [5.74, 6) is 3.21. The van der Waals surface area contributed by atoms with Crippen LogP contribution < -0.4 is 5.32 Å². The van der Waals surface area contributed by atoms with Crippen molar-refractivity contribution in [3.8, 4) is 0 Å². The highest BCUT2D eigenvalue weighted by Crippen LogP contribution is 2.25. The number of aliphatic hydroxyl groups is 1. The molecule has 2 N–H and O–H groups in total. The van der Waals surface area contributed by atoms with Crippen molar-refractivity contribution in [2.45, 2.75) is 12.7 Å². The molecule has 2 aromatic rings. The molecule has 0 fully saturated rings. The summed E-state index contributed by atoms with van der Waals surface area (Å²) < 4.78 is 0. The van der Waals surface area contributed by atoms with Gasteiger partial charge in [-0.25, -0.2) is 9.97 Å². The summed E-state index contributed by atoms with van der Waals surface area (Å²) in [5.41, 5.74) is 0. The highest BCUT2D eigenvalue weighted by molar-refractivity contribution is 7.98. The Labute approximate surface area is 108 Å². The molecule has 0 bridgehead atoms. The number of fused-ring (bicyclic) bond motifs is 1. The fourth-order valence-electron chi connectivity index (χ4n) is 1.49. The molecule has 0 atom stereocenters. The van der Waals surface area contributed by atoms with E-state index in [-0.39, 0.29) is 6.61 Å². The van der Waals surface area contributed by atoms with Gasteiger partial charge in [0.25, 0.3) is 0 Å². The maximum Gasteiger partial charge on any atom is 0.142 e. The van der Waals surface area contributed by atoms with Crippen molar-refractivity contribution in [3.63, 3.8) is 0 Å². The Balaban J connectivity index is 2.24. The Morgan fingerprint density at radius 3 is 3.12 bits per heavy atom. The zero-order chi connectivity index (χ0) is 12.1. The Morgan fingerprint density at radius 1 is 1.47 bits per heavy atom. The standard InChI is InChI=1S/C11H15N3OS2/c1-2-12-10-8-3-5-17-11(8)14-9(13-10)7-16-6-4-15/h3,5,15H,2,4,6-7H2,1H3,(H,12,13,14). The molecule has 92 valence electrons. The van der Waals surface area contributed by atoms with Gasteiger partial charge in [-0.2, -0.15) is 11.8 Å². The van der Waals surface area contributed by atoms with Crippen LogP contribution in [-0.2, 0) is 5.75 Å². The van der Waals surface area contributed by atoms with Crippen molar-refractivity contribution in [1.29, 1.82) is 0 Å². The molecule has 0 saturated carbocycles. The fourth-order valence-corrected chi connectivity index (χ4v) is 2.86. The first-order valence-electron chi connectivity index (χ1n) is 5.51. The lowest BCUT2D eigenvalue weighted by Crippen LogP contribution is -2.03. The molecule has 0 aromatic carbocycles. The van der Waals surface area contributed by atoms with Crippen LogP contribution in [0.3, 0.4) is 0 Å². The van der Waals surface area contributed by atoms with E-state index in [1.807, 2.05) is 11.4 Å². The first-order chi connectivity index (χ1) is 8.35. The average Bonchev–Trinajstić information content (AvgIpc) is 2.78. The summed E-state index contributed by atoms with van der Waals surface area (Å²) in [6.07, 6.45) is 0. The minimum Gasteiger partial charge on any atom is -0.396 e. The minimum absolute atomic E-state index is 0.200. The van der Waals surface area contributed by atoms with Gasteiger partial charge in [-0.15, -0.1) is 11.3 Å². The molecule has 2 rings (SSSR count). The number of thioether (sulfide) groups is 1. The maximum atomic E-state index is 8.75. The van der Waals surface area contributed by atoms with Crippen molar-refractivity contribution >= 4 is 39.1 Å². The van der Waals surface area contributed by atoms with Crippen molar-refractivity contribution < 1.29 is 5.11 Å². The number of hydrogen-bond donors (Lipinski definition) is 2. The second kappa shape index (κ2) is 6.18. The van der Waals surface area contributed by atoms with Gasteiger partial charge in [-0.1, -0.05) is 0 Å². The third-order valence-corrected chi connectivity index (χ3v) is 3.92. The van der Waals surface area contributed by atoms with Gasteiger partial charge in [0.2, 0.25) is 0 Å². The predicted molar refractivity (Wildman–Crippen MR) is 74.8 cm³/mol. The molecule has 0 saturated heterocycles. The molecule has 2 heterocycles. The van der Waals surface area contributed by atoms with E-state index in [2.05, 4.69) is 22.2 Å². The normalized spacial score (nSPS) is 10.9. The van der Waals surface area contributed by atoms with E-state index in [0.29, 0.717) is 0 Å². The third-order valence-electron chi connectivity index (χ3n) is 2.18. The van der Waals surface area contributed by atoms with Crippen molar-refractivity contribution in [1.82, 2.24) is 9.97 Å². The number of aromatic nitrogens is 2. The maximum absolute atomic E-state index is 8.75. The monoisotopic (exact) mass is 269 g/mol. The molecule has 0 amide bonds. The Kier molecular flexibility index (Phi) is 4.58. The summed E-state index contributed by atoms with van der Waals surface area (Å²) in [4.78, 5) is 10.1. The topological polar surface area (TPSA) is 58.0 Å². The van der Waals surface area contributed by atoms with E-state index in [1.165, 1.54) is 0 Å². The first-order valence-corrected chi connectivity index (χ1v) is 7.55. The lowest BCUT2D eigenvalue weighted by molar-refractivity contribution is 0.322. The summed E-state index contributed by atoms with van der Waals surface area (Å²) >= 11 is 3.28. The van der Waals surface area contributed by atoms with Crippen LogP contribution >= 0.6 is 23.1 Å². The summed E-state index contributed by atoms with van der Waals surface area (Å²) in [5, 5.41) is 15.1. The highest BCUT2D eigenvalue weighted by Gasteiger charge is 2.08. The molecule has 0 unspecified atom stereocenters. The molecule has 0 aliphatic heterocycles. The van der Waals surface area contributed by atoms with Crippen LogP contribution in [0.2, 0.25) is 0 Å². The van der Waals surface area contributed by atoms with E-state index in [0.717, 1.165) is 39.9 Å². The van der Waals surface area contributed by atoms with Crippen molar-refractivity contribution in [2.24, 2.45) is 0 Å². The summed E-state index contributed by atoms with van der Waals surface area (Å²) in [6, 6.07) is 2.04. The SMILES string of the molecule is CCNc1nc(CSCCO)nc2sccc12. The highest BCUT2D eigenvalue weighted by atomic mass is 32.2. The van der Waals surface area contributed by atoms with Gasteiger partial charge in [-0.3, -0.25) is 0 Å². The molecule has 6 heteroatoms. The van der Waals surface area contributed by atoms with Crippen LogP contribution in [0.5, 0.6) is 0 Å². The van der Waals surface area contributed by atoms with Crippen LogP contribution in [0.15, 0.2) is 11.4 Å². The smallest absolute Gasteiger partial charge is 0.142 e. The van der Waals surface area contributed by atoms with E-state index in [4.69, 9.17) is 5.11 Å². The molecule has 2 aromatic heterocycles. The van der Waals surface area contributed by atoms with Gasteiger partial charge in [0, 0.05) is 12.3 Å². The predicted octanol–water partition coefficient (Wildman–Crippen LogP) is 2.35. The molecular weight excluding hydrogens is 254 g/mol. The zero-order valence-corrected chi connectivity index (χ0v) is 11.3. The van der Waals surface area contributed by atoms with E-state index in [9.17, 15) is 0 Å². The molecule has 0 radical (unpaired) electrons. The van der Waals surface area contributed by atoms with Gasteiger partial charge < -0.3 is 10.4 Å². The van der Waals surface area contributed by atoms with Crippen molar-refractivity contribution in [2.75, 3.05) is 24.2 Å². The number of nitrogens with one attached hydrogen (secondary N) is 1. The molecule has 17 heavy (non-hydrogen) atoms. The van der Waals surface area contributed by atoms with Gasteiger partial charge in [0.15, 0.2) is 0 Å². The van der Waals surface area contributed by atoms with Gasteiger partial charge in [0.05, 0.1) is 17.7 Å². The van der Waals surface area contributed by atoms with E-state index in [1.54, 1.807) is 23.1 Å². The lowest BCUT2D eigenvalue weighted by Gasteiger charge is -2.06. The number of anilines is 1. The van der Waals surface area contributed by atoms with E-state index < -0.39 is 0 Å². The Morgan fingerprint density at radius 2 is 2.35 bits per heavy atom. The molecule has 0 aliphatic carbocycles. The molecule has 0 aliphatic rings. The molecular formula is C11H15N3OS2. The lowest BCUT2D eigenvalue weighted by atomic mass is 10.3. The van der Waals surface area contributed by atoms with Gasteiger partial charge >= 0.3 is 0 Å². The number of thiophene rings is 1. The quantitative estimate of drug-likeness (QED) is 0.788. The Bertz CT molecular complexity index is 487. The largest absolute Gasteiger partial charge is 0.396 e. The van der Waals surface area contributed by atoms with Gasteiger partial charge in [-0.05, 0) is 18.4 Å². The number of hydrogen-bond acceptors (Lipinski definition) is 6. The van der Waals surface area contributed by atoms with Crippen LogP contribution in [0.4, 0.5) is 5.82 Å². The number of nitrogens with zero attached hydrogens (tertiary/aromatic N) is 2.